The Morgan fingerprint density at radius 2 is 2.22 bits per heavy atom. The fraction of sp³-hybridized carbons (Fsp3) is 0.364. The van der Waals surface area contributed by atoms with Gasteiger partial charge in [0.15, 0.2) is 0 Å². The summed E-state index contributed by atoms with van der Waals surface area (Å²) in [5.41, 5.74) is 0. The zero-order valence-electron chi connectivity index (χ0n) is 9.84. The van der Waals surface area contributed by atoms with Gasteiger partial charge in [0.2, 0.25) is 15.9 Å². The summed E-state index contributed by atoms with van der Waals surface area (Å²) in [5, 5.41) is 2.58. The molecule has 1 amide bonds. The summed E-state index contributed by atoms with van der Waals surface area (Å²) in [6.07, 6.45) is 0.170. The Balaban J connectivity index is 2.17. The van der Waals surface area contributed by atoms with Crippen molar-refractivity contribution in [2.45, 2.75) is 17.4 Å². The van der Waals surface area contributed by atoms with Crippen molar-refractivity contribution < 1.29 is 17.9 Å². The molecule has 0 radical (unpaired) electrons. The fourth-order valence-corrected chi connectivity index (χ4v) is 3.01. The Kier molecular flexibility index (Phi) is 3.53. The van der Waals surface area contributed by atoms with Gasteiger partial charge in [-0.1, -0.05) is 6.07 Å². The van der Waals surface area contributed by atoms with Crippen LogP contribution in [0.15, 0.2) is 29.2 Å². The van der Waals surface area contributed by atoms with Crippen LogP contribution >= 0.6 is 0 Å². The van der Waals surface area contributed by atoms with Crippen LogP contribution in [0.1, 0.15) is 6.42 Å². The molecule has 2 rings (SSSR count). The molecule has 0 aliphatic carbocycles. The van der Waals surface area contributed by atoms with Crippen LogP contribution in [0.5, 0.6) is 5.75 Å². The lowest BCUT2D eigenvalue weighted by molar-refractivity contribution is -0.119. The van der Waals surface area contributed by atoms with Crippen LogP contribution in [0.3, 0.4) is 0 Å². The number of carbonyl (C=O) groups is 1. The van der Waals surface area contributed by atoms with E-state index in [1.807, 2.05) is 0 Å². The lowest BCUT2D eigenvalue weighted by atomic mass is 10.3. The summed E-state index contributed by atoms with van der Waals surface area (Å²) in [4.78, 5) is 11.1. The van der Waals surface area contributed by atoms with Crippen LogP contribution in [-0.2, 0) is 14.8 Å². The average Bonchev–Trinajstić information content (AvgIpc) is 2.74. The number of sulfonamides is 1. The van der Waals surface area contributed by atoms with Crippen molar-refractivity contribution >= 4 is 15.9 Å². The maximum atomic E-state index is 12.1. The molecule has 1 heterocycles. The van der Waals surface area contributed by atoms with Crippen LogP contribution in [0.2, 0.25) is 0 Å². The summed E-state index contributed by atoms with van der Waals surface area (Å²) in [6, 6.07) is 5.79. The molecule has 1 aliphatic heterocycles. The summed E-state index contributed by atoms with van der Waals surface area (Å²) in [6.45, 7) is 0.321. The van der Waals surface area contributed by atoms with Gasteiger partial charge in [0.1, 0.15) is 5.75 Å². The molecule has 1 fully saturated rings. The molecule has 18 heavy (non-hydrogen) atoms. The van der Waals surface area contributed by atoms with Crippen LogP contribution < -0.4 is 14.8 Å². The van der Waals surface area contributed by atoms with Gasteiger partial charge in [0, 0.05) is 25.1 Å². The largest absolute Gasteiger partial charge is 0.497 e. The van der Waals surface area contributed by atoms with Crippen LogP contribution in [-0.4, -0.2) is 34.0 Å². The third-order valence-corrected chi connectivity index (χ3v) is 4.17. The fourth-order valence-electron chi connectivity index (χ4n) is 1.74. The minimum absolute atomic E-state index is 0.126. The van der Waals surface area contributed by atoms with E-state index in [4.69, 9.17) is 4.74 Å². The molecule has 7 heteroatoms. The number of hydrogen-bond donors (Lipinski definition) is 2. The molecule has 1 saturated heterocycles. The van der Waals surface area contributed by atoms with Gasteiger partial charge in [-0.05, 0) is 12.1 Å². The number of hydrogen-bond acceptors (Lipinski definition) is 4. The molecular formula is C11H14N2O4S. The monoisotopic (exact) mass is 270 g/mol. The standard InChI is InChI=1S/C11H14N2O4S/c1-17-9-3-2-4-10(6-9)18(15,16)13-8-5-11(14)12-7-8/h2-4,6,8,13H,5,7H2,1H3,(H,12,14)/t8-/m0/s1. The molecule has 1 aromatic rings. The first-order valence-corrected chi connectivity index (χ1v) is 6.92. The Labute approximate surface area is 105 Å². The van der Waals surface area contributed by atoms with Crippen molar-refractivity contribution in [3.63, 3.8) is 0 Å². The molecule has 0 unspecified atom stereocenters. The second-order valence-electron chi connectivity index (χ2n) is 4.01. The molecule has 6 nitrogen and oxygen atoms in total. The van der Waals surface area contributed by atoms with Crippen LogP contribution in [0.4, 0.5) is 0 Å². The molecule has 0 bridgehead atoms. The molecule has 98 valence electrons. The molecule has 1 aliphatic rings. The second kappa shape index (κ2) is 4.95. The first kappa shape index (κ1) is 12.8. The van der Waals surface area contributed by atoms with E-state index in [9.17, 15) is 13.2 Å². The van der Waals surface area contributed by atoms with Gasteiger partial charge in [-0.15, -0.1) is 0 Å². The Hall–Kier alpha value is -1.60. The third kappa shape index (κ3) is 2.80. The second-order valence-corrected chi connectivity index (χ2v) is 5.72. The van der Waals surface area contributed by atoms with Gasteiger partial charge >= 0.3 is 0 Å². The number of nitrogens with one attached hydrogen (secondary N) is 2. The molecule has 1 atom stereocenters. The van der Waals surface area contributed by atoms with E-state index in [0.717, 1.165) is 0 Å². The van der Waals surface area contributed by atoms with Crippen LogP contribution in [0, 0.1) is 0 Å². The number of methoxy groups -OCH3 is 1. The van der Waals surface area contributed by atoms with Crippen molar-refractivity contribution in [3.05, 3.63) is 24.3 Å². The van der Waals surface area contributed by atoms with Crippen molar-refractivity contribution in [1.29, 1.82) is 0 Å². The van der Waals surface area contributed by atoms with Crippen molar-refractivity contribution in [3.8, 4) is 5.75 Å². The molecule has 0 aromatic heterocycles. The van der Waals surface area contributed by atoms with E-state index in [1.54, 1.807) is 12.1 Å². The summed E-state index contributed by atoms with van der Waals surface area (Å²) in [7, 11) is -2.15. The number of carbonyl (C=O) groups excluding carboxylic acids is 1. The lowest BCUT2D eigenvalue weighted by Crippen LogP contribution is -2.36. The van der Waals surface area contributed by atoms with E-state index < -0.39 is 16.1 Å². The highest BCUT2D eigenvalue weighted by atomic mass is 32.2. The maximum absolute atomic E-state index is 12.1. The molecule has 0 saturated carbocycles. The zero-order valence-corrected chi connectivity index (χ0v) is 10.7. The van der Waals surface area contributed by atoms with E-state index in [-0.39, 0.29) is 17.2 Å². The van der Waals surface area contributed by atoms with Gasteiger partial charge < -0.3 is 10.1 Å². The normalized spacial score (nSPS) is 19.6. The highest BCUT2D eigenvalue weighted by Gasteiger charge is 2.26. The molecule has 2 N–H and O–H groups in total. The molecule has 1 aromatic carbocycles. The minimum Gasteiger partial charge on any atom is -0.497 e. The smallest absolute Gasteiger partial charge is 0.241 e. The average molecular weight is 270 g/mol. The van der Waals surface area contributed by atoms with Crippen molar-refractivity contribution in [1.82, 2.24) is 10.0 Å². The highest BCUT2D eigenvalue weighted by Crippen LogP contribution is 2.17. The Morgan fingerprint density at radius 1 is 1.44 bits per heavy atom. The predicted octanol–water partition coefficient (Wildman–Crippen LogP) is -0.138. The van der Waals surface area contributed by atoms with E-state index >= 15 is 0 Å². The number of benzene rings is 1. The number of amides is 1. The van der Waals surface area contributed by atoms with Gasteiger partial charge in [0.05, 0.1) is 12.0 Å². The van der Waals surface area contributed by atoms with E-state index in [1.165, 1.54) is 19.2 Å². The van der Waals surface area contributed by atoms with Crippen molar-refractivity contribution in [2.24, 2.45) is 0 Å². The van der Waals surface area contributed by atoms with Gasteiger partial charge in [-0.3, -0.25) is 4.79 Å². The highest BCUT2D eigenvalue weighted by molar-refractivity contribution is 7.89. The van der Waals surface area contributed by atoms with Crippen LogP contribution in [0.25, 0.3) is 0 Å². The lowest BCUT2D eigenvalue weighted by Gasteiger charge is -2.11. The molecule has 0 spiro atoms. The predicted molar refractivity (Wildman–Crippen MR) is 64.7 cm³/mol. The summed E-state index contributed by atoms with van der Waals surface area (Å²) < 4.78 is 31.6. The van der Waals surface area contributed by atoms with E-state index in [0.29, 0.717) is 12.3 Å². The first-order chi connectivity index (χ1) is 8.51. The minimum atomic E-state index is -3.62. The quantitative estimate of drug-likeness (QED) is 0.797. The first-order valence-electron chi connectivity index (χ1n) is 5.44. The van der Waals surface area contributed by atoms with Gasteiger partial charge in [-0.2, -0.15) is 0 Å². The maximum Gasteiger partial charge on any atom is 0.241 e. The zero-order chi connectivity index (χ0) is 13.2. The number of ether oxygens (including phenoxy) is 1. The summed E-state index contributed by atoms with van der Waals surface area (Å²) in [5.74, 6) is 0.326. The SMILES string of the molecule is COc1cccc(S(=O)(=O)N[C@@H]2CNC(=O)C2)c1. The van der Waals surface area contributed by atoms with E-state index in [2.05, 4.69) is 10.0 Å². The summed E-state index contributed by atoms with van der Waals surface area (Å²) >= 11 is 0. The van der Waals surface area contributed by atoms with Gasteiger partial charge in [-0.25, -0.2) is 13.1 Å². The number of rotatable bonds is 4. The van der Waals surface area contributed by atoms with Crippen molar-refractivity contribution in [2.75, 3.05) is 13.7 Å². The van der Waals surface area contributed by atoms with Gasteiger partial charge in [0.25, 0.3) is 0 Å². The Bertz CT molecular complexity index is 556. The Morgan fingerprint density at radius 3 is 2.83 bits per heavy atom. The molecular weight excluding hydrogens is 256 g/mol. The third-order valence-electron chi connectivity index (χ3n) is 2.65. The topological polar surface area (TPSA) is 84.5 Å².